The summed E-state index contributed by atoms with van der Waals surface area (Å²) in [6, 6.07) is 15.8. The second-order valence-electron chi connectivity index (χ2n) is 5.17. The van der Waals surface area contributed by atoms with Gasteiger partial charge in [-0.25, -0.2) is 0 Å². The normalized spacial score (nSPS) is 10.8. The summed E-state index contributed by atoms with van der Waals surface area (Å²) in [6.45, 7) is 1.90. The minimum atomic E-state index is 0.101. The average molecular weight is 278 g/mol. The van der Waals surface area contributed by atoms with Crippen LogP contribution in [0.2, 0.25) is 0 Å². The lowest BCUT2D eigenvalue weighted by atomic mass is 10.0. The van der Waals surface area contributed by atoms with Gasteiger partial charge in [0.25, 0.3) is 0 Å². The van der Waals surface area contributed by atoms with Crippen molar-refractivity contribution in [2.24, 2.45) is 7.05 Å². The molecule has 0 aliphatic rings. The lowest BCUT2D eigenvalue weighted by Crippen LogP contribution is -2.14. The highest BCUT2D eigenvalue weighted by molar-refractivity contribution is 5.87. The van der Waals surface area contributed by atoms with Crippen molar-refractivity contribution in [1.29, 1.82) is 0 Å². The number of nitrogens with zero attached hydrogens (tertiary/aromatic N) is 1. The lowest BCUT2D eigenvalue weighted by Gasteiger charge is -2.18. The Hall–Kier alpha value is -2.55. The Bertz CT molecular complexity index is 878. The smallest absolute Gasteiger partial charge is 0.192 e. The molecule has 0 radical (unpaired) electrons. The van der Waals surface area contributed by atoms with Crippen molar-refractivity contribution in [2.75, 3.05) is 12.4 Å². The molecule has 3 aromatic rings. The van der Waals surface area contributed by atoms with E-state index in [1.165, 1.54) is 0 Å². The zero-order chi connectivity index (χ0) is 15.0. The average Bonchev–Trinajstić information content (AvgIpc) is 2.53. The van der Waals surface area contributed by atoms with Crippen molar-refractivity contribution in [3.63, 3.8) is 0 Å². The van der Waals surface area contributed by atoms with Crippen molar-refractivity contribution in [1.82, 2.24) is 4.57 Å². The first-order valence-electron chi connectivity index (χ1n) is 7.00. The molecule has 0 bridgehead atoms. The van der Waals surface area contributed by atoms with Crippen molar-refractivity contribution >= 4 is 16.6 Å². The van der Waals surface area contributed by atoms with E-state index in [9.17, 15) is 4.79 Å². The molecule has 0 atom stereocenters. The van der Waals surface area contributed by atoms with E-state index in [-0.39, 0.29) is 5.43 Å². The first kappa shape index (κ1) is 13.4. The van der Waals surface area contributed by atoms with Crippen LogP contribution < -0.4 is 10.7 Å². The number of fused-ring (bicyclic) bond motifs is 1. The van der Waals surface area contributed by atoms with E-state index < -0.39 is 0 Å². The monoisotopic (exact) mass is 278 g/mol. The summed E-state index contributed by atoms with van der Waals surface area (Å²) in [5.74, 6) is 0. The molecule has 1 aromatic heterocycles. The van der Waals surface area contributed by atoms with Crippen molar-refractivity contribution in [3.05, 3.63) is 64.3 Å². The first-order chi connectivity index (χ1) is 10.1. The topological polar surface area (TPSA) is 34.0 Å². The number of anilines is 1. The number of hydrogen-bond donors (Lipinski definition) is 1. The summed E-state index contributed by atoms with van der Waals surface area (Å²) in [7, 11) is 3.91. The van der Waals surface area contributed by atoms with Gasteiger partial charge in [-0.2, -0.15) is 0 Å². The fourth-order valence-electron chi connectivity index (χ4n) is 2.93. The Morgan fingerprint density at radius 3 is 2.43 bits per heavy atom. The van der Waals surface area contributed by atoms with Crippen LogP contribution in [-0.2, 0) is 7.05 Å². The van der Waals surface area contributed by atoms with Gasteiger partial charge in [0.05, 0.1) is 11.2 Å². The maximum absolute atomic E-state index is 12.6. The molecule has 0 saturated heterocycles. The molecule has 3 nitrogen and oxygen atoms in total. The van der Waals surface area contributed by atoms with Crippen LogP contribution in [0.15, 0.2) is 53.3 Å². The van der Waals surface area contributed by atoms with Crippen molar-refractivity contribution in [3.8, 4) is 11.3 Å². The molecule has 1 heterocycles. The van der Waals surface area contributed by atoms with Gasteiger partial charge >= 0.3 is 0 Å². The van der Waals surface area contributed by atoms with Crippen LogP contribution in [0.1, 0.15) is 5.56 Å². The molecule has 0 aliphatic heterocycles. The lowest BCUT2D eigenvalue weighted by molar-refractivity contribution is 0.950. The van der Waals surface area contributed by atoms with Crippen LogP contribution in [0, 0.1) is 6.92 Å². The Morgan fingerprint density at radius 1 is 1.00 bits per heavy atom. The zero-order valence-corrected chi connectivity index (χ0v) is 12.5. The second-order valence-corrected chi connectivity index (χ2v) is 5.17. The van der Waals surface area contributed by atoms with Crippen LogP contribution in [0.4, 0.5) is 5.69 Å². The molecule has 0 saturated carbocycles. The highest BCUT2D eigenvalue weighted by Crippen LogP contribution is 2.30. The number of nitrogens with one attached hydrogen (secondary N) is 1. The Balaban J connectivity index is 2.46. The summed E-state index contributed by atoms with van der Waals surface area (Å²) in [5, 5.41) is 3.97. The summed E-state index contributed by atoms with van der Waals surface area (Å²) >= 11 is 0. The molecule has 106 valence electrons. The van der Waals surface area contributed by atoms with Crippen LogP contribution in [0.3, 0.4) is 0 Å². The van der Waals surface area contributed by atoms with E-state index in [2.05, 4.69) is 9.88 Å². The van der Waals surface area contributed by atoms with Crippen molar-refractivity contribution < 1.29 is 0 Å². The summed E-state index contributed by atoms with van der Waals surface area (Å²) in [5.41, 5.74) is 4.86. The highest BCUT2D eigenvalue weighted by atomic mass is 16.1. The van der Waals surface area contributed by atoms with E-state index in [1.807, 2.05) is 69.6 Å². The van der Waals surface area contributed by atoms with E-state index in [0.717, 1.165) is 33.4 Å². The van der Waals surface area contributed by atoms with Gasteiger partial charge in [-0.05, 0) is 25.1 Å². The fraction of sp³-hybridized carbons (Fsp3) is 0.167. The van der Waals surface area contributed by atoms with Gasteiger partial charge in [0.2, 0.25) is 0 Å². The zero-order valence-electron chi connectivity index (χ0n) is 12.5. The molecular weight excluding hydrogens is 260 g/mol. The van der Waals surface area contributed by atoms with Gasteiger partial charge in [-0.3, -0.25) is 4.79 Å². The van der Waals surface area contributed by atoms with E-state index in [0.29, 0.717) is 0 Å². The third kappa shape index (κ3) is 2.02. The number of aromatic nitrogens is 1. The SMILES string of the molecule is CNc1ccccc1-c1c(C)c(=O)c2ccccc2n1C. The van der Waals surface area contributed by atoms with Gasteiger partial charge in [0.15, 0.2) is 5.43 Å². The minimum Gasteiger partial charge on any atom is -0.388 e. The maximum Gasteiger partial charge on any atom is 0.192 e. The van der Waals surface area contributed by atoms with Gasteiger partial charge in [-0.1, -0.05) is 30.3 Å². The third-order valence-corrected chi connectivity index (χ3v) is 3.99. The Morgan fingerprint density at radius 2 is 1.67 bits per heavy atom. The summed E-state index contributed by atoms with van der Waals surface area (Å²) < 4.78 is 2.10. The van der Waals surface area contributed by atoms with E-state index >= 15 is 0 Å². The summed E-state index contributed by atoms with van der Waals surface area (Å²) in [4.78, 5) is 12.6. The second kappa shape index (κ2) is 5.09. The van der Waals surface area contributed by atoms with Gasteiger partial charge in [0, 0.05) is 36.3 Å². The predicted octanol–water partition coefficient (Wildman–Crippen LogP) is 3.56. The first-order valence-corrected chi connectivity index (χ1v) is 7.00. The largest absolute Gasteiger partial charge is 0.388 e. The van der Waals surface area contributed by atoms with Crippen LogP contribution in [0.25, 0.3) is 22.2 Å². The molecule has 3 rings (SSSR count). The van der Waals surface area contributed by atoms with E-state index in [4.69, 9.17) is 0 Å². The number of rotatable bonds is 2. The standard InChI is InChI=1S/C18H18N2O/c1-12-17(13-8-4-6-10-15(13)19-2)20(3)16-11-7-5-9-14(16)18(12)21/h4-11,19H,1-3H3. The van der Waals surface area contributed by atoms with Gasteiger partial charge < -0.3 is 9.88 Å². The molecule has 0 unspecified atom stereocenters. The Labute approximate surface area is 123 Å². The molecule has 1 N–H and O–H groups in total. The van der Waals surface area contributed by atoms with Crippen LogP contribution in [0.5, 0.6) is 0 Å². The van der Waals surface area contributed by atoms with E-state index in [1.54, 1.807) is 0 Å². The number of pyridine rings is 1. The number of para-hydroxylation sites is 2. The van der Waals surface area contributed by atoms with Crippen molar-refractivity contribution in [2.45, 2.75) is 6.92 Å². The molecule has 0 aliphatic carbocycles. The quantitative estimate of drug-likeness (QED) is 0.777. The maximum atomic E-state index is 12.6. The fourth-order valence-corrected chi connectivity index (χ4v) is 2.93. The molecule has 0 amide bonds. The highest BCUT2D eigenvalue weighted by Gasteiger charge is 2.15. The molecule has 0 spiro atoms. The Kier molecular flexibility index (Phi) is 3.26. The summed E-state index contributed by atoms with van der Waals surface area (Å²) in [6.07, 6.45) is 0. The minimum absolute atomic E-state index is 0.101. The van der Waals surface area contributed by atoms with Gasteiger partial charge in [-0.15, -0.1) is 0 Å². The molecule has 2 aromatic carbocycles. The number of aryl methyl sites for hydroxylation is 1. The van der Waals surface area contributed by atoms with Crippen LogP contribution in [-0.4, -0.2) is 11.6 Å². The molecule has 3 heteroatoms. The van der Waals surface area contributed by atoms with Crippen LogP contribution >= 0.6 is 0 Å². The predicted molar refractivity (Wildman–Crippen MR) is 88.9 cm³/mol. The molecule has 0 fully saturated rings. The molecular formula is C18H18N2O. The molecule has 21 heavy (non-hydrogen) atoms. The number of benzene rings is 2. The van der Waals surface area contributed by atoms with Gasteiger partial charge in [0.1, 0.15) is 0 Å². The number of hydrogen-bond acceptors (Lipinski definition) is 2. The third-order valence-electron chi connectivity index (χ3n) is 3.99.